The molecule has 4 atom stereocenters. The summed E-state index contributed by atoms with van der Waals surface area (Å²) in [6.07, 6.45) is 1.45. The standard InChI is InChI=1S/C53H62FN9O11S/c1-29-45(75-28-59-29)32-10-11-33(24-58-48(70)39-22-34(64)26-63(39)50(72)46(52(2,3)4)61-51(73)53(54)16-17-53)42(21-32)74-27-44(68)57-25-43(67)56-18-19-62(5)49(71)36-14-12-31(20-41(36)66)40(65)23-37(55)47(69)60-38-15-13-30-8-6-7-9-35(30)38/h6-12,14,20-21,23,28,34,38-39,46,55,64-66H,13,15-19,22,24-27H2,1-5H3,(H,56,67)(H,57,68)(H,58,70)(H,60,69)(H,61,73)/b40-23-,55-37?/t34-,38?,39+,46-/m1/s1. The summed E-state index contributed by atoms with van der Waals surface area (Å²) in [7, 11) is 1.45. The molecular formula is C53H62FN9O11S. The smallest absolute Gasteiger partial charge is 0.269 e. The molecule has 7 amide bonds. The monoisotopic (exact) mass is 1050 g/mol. The third-order valence-electron chi connectivity index (χ3n) is 13.3. The summed E-state index contributed by atoms with van der Waals surface area (Å²) in [5.74, 6) is -5.34. The van der Waals surface area contributed by atoms with Gasteiger partial charge in [-0.05, 0) is 72.9 Å². The fraction of sp³-hybridized carbons (Fsp3) is 0.415. The first-order chi connectivity index (χ1) is 35.5. The van der Waals surface area contributed by atoms with Crippen LogP contribution >= 0.6 is 11.3 Å². The summed E-state index contributed by atoms with van der Waals surface area (Å²) in [6.45, 7) is 5.68. The van der Waals surface area contributed by atoms with E-state index in [1.54, 1.807) is 44.5 Å². The van der Waals surface area contributed by atoms with Crippen LogP contribution in [-0.4, -0.2) is 141 Å². The van der Waals surface area contributed by atoms with Gasteiger partial charge in [-0.3, -0.25) is 39.0 Å². The van der Waals surface area contributed by atoms with Crippen molar-refractivity contribution in [3.63, 3.8) is 0 Å². The van der Waals surface area contributed by atoms with E-state index in [9.17, 15) is 53.3 Å². The highest BCUT2D eigenvalue weighted by Gasteiger charge is 2.53. The lowest BCUT2D eigenvalue weighted by Gasteiger charge is -2.35. The first kappa shape index (κ1) is 55.0. The van der Waals surface area contributed by atoms with Gasteiger partial charge in [0.05, 0.1) is 40.3 Å². The van der Waals surface area contributed by atoms with E-state index in [0.29, 0.717) is 12.0 Å². The van der Waals surface area contributed by atoms with E-state index < -0.39 is 101 Å². The van der Waals surface area contributed by atoms with E-state index >= 15 is 0 Å². The van der Waals surface area contributed by atoms with Gasteiger partial charge in [-0.2, -0.15) is 0 Å². The van der Waals surface area contributed by atoms with E-state index in [2.05, 4.69) is 31.6 Å². The van der Waals surface area contributed by atoms with Crippen molar-refractivity contribution in [3.05, 3.63) is 106 Å². The molecule has 9 N–H and O–H groups in total. The number of carbonyl (C=O) groups is 7. The first-order valence-electron chi connectivity index (χ1n) is 24.5. The van der Waals surface area contributed by atoms with Gasteiger partial charge in [0.15, 0.2) is 12.3 Å². The number of aliphatic hydroxyl groups is 2. The molecule has 75 heavy (non-hydrogen) atoms. The Balaban J connectivity index is 0.881. The number of aliphatic hydroxyl groups excluding tert-OH is 2. The molecule has 0 spiro atoms. The predicted octanol–water partition coefficient (Wildman–Crippen LogP) is 3.54. The highest BCUT2D eigenvalue weighted by Crippen LogP contribution is 2.41. The number of hydrogen-bond acceptors (Lipinski definition) is 14. The molecule has 2 fully saturated rings. The number of hydrogen-bond donors (Lipinski definition) is 9. The average molecular weight is 1050 g/mol. The Labute approximate surface area is 436 Å². The van der Waals surface area contributed by atoms with Gasteiger partial charge in [-0.25, -0.2) is 9.37 Å². The van der Waals surface area contributed by atoms with E-state index in [-0.39, 0.29) is 68.4 Å². The number of likely N-dealkylation sites (tertiary alicyclic amines) is 1. The molecule has 3 aromatic carbocycles. The van der Waals surface area contributed by atoms with Gasteiger partial charge in [-0.1, -0.05) is 63.2 Å². The number of β-amino-alcohol motifs (C(OH)–C–C–N with tert-alkyl or cyclic N) is 1. The van der Waals surface area contributed by atoms with Crippen molar-refractivity contribution in [2.45, 2.75) is 96.2 Å². The summed E-state index contributed by atoms with van der Waals surface area (Å²) in [4.78, 5) is 99.7. The summed E-state index contributed by atoms with van der Waals surface area (Å²) >= 11 is 1.39. The molecule has 1 aliphatic heterocycles. The van der Waals surface area contributed by atoms with Crippen LogP contribution in [0.5, 0.6) is 11.5 Å². The molecule has 0 bridgehead atoms. The van der Waals surface area contributed by atoms with E-state index in [1.165, 1.54) is 40.3 Å². The minimum atomic E-state index is -2.03. The molecule has 0 radical (unpaired) electrons. The number of fused-ring (bicyclic) bond motifs is 1. The number of carbonyl (C=O) groups excluding carboxylic acids is 7. The minimum absolute atomic E-state index is 0.00691. The number of ether oxygens (including phenoxy) is 1. The lowest BCUT2D eigenvalue weighted by atomic mass is 9.85. The number of aryl methyl sites for hydroxylation is 2. The highest BCUT2D eigenvalue weighted by molar-refractivity contribution is 7.13. The van der Waals surface area contributed by atoms with Crippen molar-refractivity contribution in [2.24, 2.45) is 5.41 Å². The summed E-state index contributed by atoms with van der Waals surface area (Å²) < 4.78 is 20.6. The van der Waals surface area contributed by atoms with Crippen molar-refractivity contribution in [1.82, 2.24) is 41.4 Å². The molecule has 398 valence electrons. The molecule has 2 aliphatic carbocycles. The van der Waals surface area contributed by atoms with Crippen molar-refractivity contribution in [2.75, 3.05) is 39.8 Å². The van der Waals surface area contributed by atoms with Crippen molar-refractivity contribution < 1.29 is 58.0 Å². The maximum Gasteiger partial charge on any atom is 0.269 e. The highest BCUT2D eigenvalue weighted by atomic mass is 32.1. The lowest BCUT2D eigenvalue weighted by Crippen LogP contribution is -2.59. The van der Waals surface area contributed by atoms with E-state index in [1.807, 2.05) is 31.2 Å². The summed E-state index contributed by atoms with van der Waals surface area (Å²) in [5, 5.41) is 53.5. The van der Waals surface area contributed by atoms with Gasteiger partial charge in [0.1, 0.15) is 35.1 Å². The van der Waals surface area contributed by atoms with Crippen molar-refractivity contribution in [1.29, 1.82) is 5.41 Å². The van der Waals surface area contributed by atoms with Crippen LogP contribution in [0.3, 0.4) is 0 Å². The Bertz CT molecular complexity index is 2920. The zero-order chi connectivity index (χ0) is 54.4. The molecule has 7 rings (SSSR count). The number of rotatable bonds is 20. The summed E-state index contributed by atoms with van der Waals surface area (Å²) in [5.41, 5.74) is 2.29. The quantitative estimate of drug-likeness (QED) is 0.0454. The Morgan fingerprint density at radius 1 is 1.03 bits per heavy atom. The number of likely N-dealkylation sites (N-methyl/N-ethyl adjacent to an activating group) is 1. The number of phenols is 1. The Morgan fingerprint density at radius 3 is 2.47 bits per heavy atom. The fourth-order valence-corrected chi connectivity index (χ4v) is 9.58. The zero-order valence-corrected chi connectivity index (χ0v) is 43.1. The van der Waals surface area contributed by atoms with Crippen LogP contribution in [-0.2, 0) is 41.7 Å². The normalized spacial score (nSPS) is 18.0. The molecule has 1 saturated heterocycles. The first-order valence-corrected chi connectivity index (χ1v) is 25.3. The number of benzene rings is 3. The largest absolute Gasteiger partial charge is 0.507 e. The van der Waals surface area contributed by atoms with E-state index in [4.69, 9.17) is 10.1 Å². The van der Waals surface area contributed by atoms with Gasteiger partial charge in [0.2, 0.25) is 17.7 Å². The number of thiazole rings is 1. The van der Waals surface area contributed by atoms with Gasteiger partial charge in [0, 0.05) is 56.9 Å². The Kier molecular flexibility index (Phi) is 17.0. The fourth-order valence-electron chi connectivity index (χ4n) is 8.78. The number of aromatic nitrogens is 1. The second-order valence-corrected chi connectivity index (χ2v) is 20.9. The number of aromatic hydroxyl groups is 1. The van der Waals surface area contributed by atoms with Crippen LogP contribution in [0.4, 0.5) is 4.39 Å². The lowest BCUT2D eigenvalue weighted by molar-refractivity contribution is -0.145. The maximum absolute atomic E-state index is 14.6. The molecule has 4 aromatic rings. The van der Waals surface area contributed by atoms with Crippen LogP contribution in [0.25, 0.3) is 16.2 Å². The summed E-state index contributed by atoms with van der Waals surface area (Å²) in [6, 6.07) is 14.1. The van der Waals surface area contributed by atoms with Gasteiger partial charge in [-0.15, -0.1) is 11.3 Å². The number of amides is 7. The average Bonchev–Trinajstić information content (AvgIpc) is 3.61. The third kappa shape index (κ3) is 13.5. The minimum Gasteiger partial charge on any atom is -0.507 e. The number of nitrogens with one attached hydrogen (secondary N) is 6. The molecule has 3 aliphatic rings. The molecule has 20 nitrogen and oxygen atoms in total. The maximum atomic E-state index is 14.6. The molecule has 1 unspecified atom stereocenters. The Hall–Kier alpha value is -7.72. The second-order valence-electron chi connectivity index (χ2n) is 20.0. The molecule has 22 heteroatoms. The molecular weight excluding hydrogens is 990 g/mol. The molecule has 1 saturated carbocycles. The van der Waals surface area contributed by atoms with Crippen LogP contribution in [0.2, 0.25) is 0 Å². The number of halogens is 1. The van der Waals surface area contributed by atoms with Crippen LogP contribution in [0.15, 0.2) is 72.3 Å². The Morgan fingerprint density at radius 2 is 1.77 bits per heavy atom. The number of alkyl halides is 1. The molecule has 1 aromatic heterocycles. The van der Waals surface area contributed by atoms with E-state index in [0.717, 1.165) is 45.8 Å². The van der Waals surface area contributed by atoms with Crippen LogP contribution < -0.4 is 31.3 Å². The van der Waals surface area contributed by atoms with Crippen LogP contribution in [0, 0.1) is 17.7 Å². The van der Waals surface area contributed by atoms with Gasteiger partial charge >= 0.3 is 0 Å². The van der Waals surface area contributed by atoms with Crippen molar-refractivity contribution in [3.8, 4) is 21.9 Å². The molecule has 2 heterocycles. The second kappa shape index (κ2) is 23.2. The van der Waals surface area contributed by atoms with Gasteiger partial charge < -0.3 is 56.4 Å². The number of phenolic OH excluding ortho intramolecular Hbond substituents is 1. The zero-order valence-electron chi connectivity index (χ0n) is 42.3. The van der Waals surface area contributed by atoms with Crippen LogP contribution in [0.1, 0.15) is 90.8 Å². The predicted molar refractivity (Wildman–Crippen MR) is 275 cm³/mol. The SMILES string of the molecule is Cc1ncsc1-c1ccc(CNC(=O)[C@@H]2C[C@@H](O)CN2C(=O)[C@@H](NC(=O)C2(F)CC2)C(C)(C)C)c(OCC(=O)NCC(=O)NCCN(C)C(=O)c2ccc(/C(O)=C/C(=N)C(=O)NC3CCc4ccccc43)cc2O)c1. The van der Waals surface area contributed by atoms with Crippen molar-refractivity contribution >= 4 is 64.2 Å². The topological polar surface area (TPSA) is 293 Å². The van der Waals surface area contributed by atoms with Gasteiger partial charge in [0.25, 0.3) is 23.6 Å². The third-order valence-corrected chi connectivity index (χ3v) is 14.3. The number of nitrogens with zero attached hydrogens (tertiary/aromatic N) is 3.